The molecule has 0 spiro atoms. The molecule has 10 heteroatoms. The number of epoxide rings is 1. The van der Waals surface area contributed by atoms with Crippen molar-refractivity contribution in [2.45, 2.75) is 103 Å². The van der Waals surface area contributed by atoms with Crippen molar-refractivity contribution in [3.8, 4) is 0 Å². The minimum Gasteiger partial charge on any atom is -0.481 e. The van der Waals surface area contributed by atoms with Crippen LogP contribution in [0.4, 0.5) is 4.79 Å². The van der Waals surface area contributed by atoms with Gasteiger partial charge in [0.15, 0.2) is 0 Å². The molecule has 10 nitrogen and oxygen atoms in total. The van der Waals surface area contributed by atoms with E-state index < -0.39 is 24.3 Å². The molecule has 1 amide bonds. The predicted octanol–water partition coefficient (Wildman–Crippen LogP) is 3.38. The minimum absolute atomic E-state index is 0.0312. The third-order valence-electron chi connectivity index (χ3n) is 8.59. The largest absolute Gasteiger partial charge is 0.481 e. The number of carbonyl (C=O) groups excluding carboxylic acids is 1. The van der Waals surface area contributed by atoms with Gasteiger partial charge in [-0.2, -0.15) is 0 Å². The lowest BCUT2D eigenvalue weighted by Gasteiger charge is -2.41. The molecule has 0 saturated carbocycles. The highest BCUT2D eigenvalue weighted by atomic mass is 16.6. The van der Waals surface area contributed by atoms with Crippen molar-refractivity contribution >= 4 is 12.1 Å². The van der Waals surface area contributed by atoms with Gasteiger partial charge in [0.1, 0.15) is 6.10 Å². The Kier molecular flexibility index (Phi) is 11.6. The fourth-order valence-corrected chi connectivity index (χ4v) is 6.42. The summed E-state index contributed by atoms with van der Waals surface area (Å²) in [5, 5.41) is 22.6. The lowest BCUT2D eigenvalue weighted by atomic mass is 9.85. The smallest absolute Gasteiger partial charge is 0.410 e. The fourth-order valence-electron chi connectivity index (χ4n) is 6.42. The second kappa shape index (κ2) is 14.3. The van der Waals surface area contributed by atoms with Crippen molar-refractivity contribution in [2.24, 2.45) is 17.8 Å². The molecule has 3 N–H and O–H groups in total. The second-order valence-electron chi connectivity index (χ2n) is 12.2. The number of carboxylic acid groups (broad SMARTS) is 1. The van der Waals surface area contributed by atoms with Gasteiger partial charge in [0.25, 0.3) is 0 Å². The van der Waals surface area contributed by atoms with Crippen molar-refractivity contribution in [2.75, 3.05) is 33.3 Å². The van der Waals surface area contributed by atoms with Crippen LogP contribution in [0.3, 0.4) is 0 Å². The van der Waals surface area contributed by atoms with Crippen LogP contribution in [0.2, 0.25) is 0 Å². The third-order valence-corrected chi connectivity index (χ3v) is 8.59. The Morgan fingerprint density at radius 1 is 1.23 bits per heavy atom. The molecular formula is C30H50N2O8. The van der Waals surface area contributed by atoms with Crippen LogP contribution < -0.4 is 5.32 Å². The number of hydrogen-bond donors (Lipinski definition) is 3. The van der Waals surface area contributed by atoms with Crippen LogP contribution in [-0.4, -0.2) is 103 Å². The average Bonchev–Trinajstić information content (AvgIpc) is 3.56. The molecule has 0 aromatic carbocycles. The minimum atomic E-state index is -0.936. The van der Waals surface area contributed by atoms with E-state index in [9.17, 15) is 19.8 Å². The maximum absolute atomic E-state index is 12.8. The number of rotatable bonds is 12. The lowest BCUT2D eigenvalue weighted by molar-refractivity contribution is -0.151. The van der Waals surface area contributed by atoms with Gasteiger partial charge in [0.05, 0.1) is 42.5 Å². The van der Waals surface area contributed by atoms with E-state index in [1.807, 2.05) is 26.0 Å². The Balaban J connectivity index is 1.61. The maximum atomic E-state index is 12.8. The number of nitrogens with zero attached hydrogens (tertiary/aromatic N) is 1. The highest BCUT2D eigenvalue weighted by molar-refractivity contribution is 5.68. The van der Waals surface area contributed by atoms with E-state index >= 15 is 0 Å². The van der Waals surface area contributed by atoms with E-state index in [0.29, 0.717) is 19.5 Å². The van der Waals surface area contributed by atoms with E-state index in [1.54, 1.807) is 18.9 Å². The SMILES string of the molecule is COC(C(C)O)C(C)[C@H]1O[C@]1(C)CC(C)/C=C/C=C(\C)[C@H]1O[C@@H](CC(=O)O)C[C@@H](OC(=O)N2CCNCC2)[C@@H]1C. The van der Waals surface area contributed by atoms with Gasteiger partial charge in [0.2, 0.25) is 0 Å². The average molecular weight is 567 g/mol. The van der Waals surface area contributed by atoms with Gasteiger partial charge < -0.3 is 39.4 Å². The van der Waals surface area contributed by atoms with Gasteiger partial charge in [-0.3, -0.25) is 4.79 Å². The van der Waals surface area contributed by atoms with Crippen LogP contribution in [-0.2, 0) is 23.7 Å². The van der Waals surface area contributed by atoms with E-state index in [4.69, 9.17) is 18.9 Å². The standard InChI is InChI=1S/C30H50N2O8/c1-18(17-30(6)28(40-30)21(4)27(37-7)22(5)33)9-8-10-19(2)26-20(3)24(15-23(38-26)16-25(34)35)39-29(36)32-13-11-31-12-14-32/h8-10,18,20-24,26-28,31,33H,11-17H2,1-7H3,(H,34,35)/b9-8+,19-10+/t18?,20-,21?,22?,23+,24+,26+,27?,28+,30+/m0/s1. The van der Waals surface area contributed by atoms with Gasteiger partial charge in [-0.25, -0.2) is 4.79 Å². The summed E-state index contributed by atoms with van der Waals surface area (Å²) in [5.41, 5.74) is 0.690. The number of allylic oxidation sites excluding steroid dienone is 3. The Hall–Kier alpha value is -1.98. The van der Waals surface area contributed by atoms with Gasteiger partial charge in [-0.1, -0.05) is 39.0 Å². The first-order chi connectivity index (χ1) is 18.9. The highest BCUT2D eigenvalue weighted by Crippen LogP contribution is 2.47. The van der Waals surface area contributed by atoms with Crippen molar-refractivity contribution in [3.63, 3.8) is 0 Å². The Morgan fingerprint density at radius 2 is 1.90 bits per heavy atom. The summed E-state index contributed by atoms with van der Waals surface area (Å²) in [6, 6.07) is 0. The summed E-state index contributed by atoms with van der Waals surface area (Å²) in [6.07, 6.45) is 4.72. The Labute approximate surface area is 239 Å². The van der Waals surface area contributed by atoms with Gasteiger partial charge in [-0.05, 0) is 38.7 Å². The predicted molar refractivity (Wildman–Crippen MR) is 151 cm³/mol. The molecule has 10 atom stereocenters. The van der Waals surface area contributed by atoms with Crippen LogP contribution in [0, 0.1) is 17.8 Å². The number of aliphatic carboxylic acids is 1. The monoisotopic (exact) mass is 566 g/mol. The molecule has 0 radical (unpaired) electrons. The molecule has 3 rings (SSSR count). The first-order valence-corrected chi connectivity index (χ1v) is 14.6. The van der Waals surface area contributed by atoms with E-state index in [0.717, 1.165) is 25.1 Å². The van der Waals surface area contributed by atoms with E-state index in [2.05, 4.69) is 32.2 Å². The third kappa shape index (κ3) is 8.52. The molecule has 0 aromatic heterocycles. The topological polar surface area (TPSA) is 130 Å². The van der Waals surface area contributed by atoms with Gasteiger partial charge >= 0.3 is 12.1 Å². The number of nitrogens with one attached hydrogen (secondary N) is 1. The lowest BCUT2D eigenvalue weighted by Crippen LogP contribution is -2.50. The summed E-state index contributed by atoms with van der Waals surface area (Å²) in [4.78, 5) is 26.0. The number of carboxylic acids is 1. The molecule has 0 aromatic rings. The molecule has 40 heavy (non-hydrogen) atoms. The Bertz CT molecular complexity index is 917. The number of carbonyl (C=O) groups is 2. The molecule has 0 aliphatic carbocycles. The van der Waals surface area contributed by atoms with Crippen LogP contribution in [0.15, 0.2) is 23.8 Å². The molecule has 3 fully saturated rings. The van der Waals surface area contributed by atoms with Crippen molar-refractivity contribution in [3.05, 3.63) is 23.8 Å². The van der Waals surface area contributed by atoms with Crippen molar-refractivity contribution < 1.29 is 38.7 Å². The zero-order chi connectivity index (χ0) is 29.6. The van der Waals surface area contributed by atoms with Crippen LogP contribution >= 0.6 is 0 Å². The van der Waals surface area contributed by atoms with Crippen LogP contribution in [0.1, 0.15) is 60.8 Å². The molecule has 3 saturated heterocycles. The highest BCUT2D eigenvalue weighted by Gasteiger charge is 2.56. The first-order valence-electron chi connectivity index (χ1n) is 14.6. The van der Waals surface area contributed by atoms with Crippen molar-refractivity contribution in [1.29, 1.82) is 0 Å². The van der Waals surface area contributed by atoms with Crippen LogP contribution in [0.25, 0.3) is 0 Å². The number of amides is 1. The maximum Gasteiger partial charge on any atom is 0.410 e. The van der Waals surface area contributed by atoms with Gasteiger partial charge in [0, 0.05) is 51.5 Å². The Morgan fingerprint density at radius 3 is 2.50 bits per heavy atom. The summed E-state index contributed by atoms with van der Waals surface area (Å²) >= 11 is 0. The molecule has 3 aliphatic rings. The fraction of sp³-hybridized carbons (Fsp3) is 0.800. The first kappa shape index (κ1) is 32.5. The normalized spacial score (nSPS) is 34.2. The van der Waals surface area contributed by atoms with Crippen LogP contribution in [0.5, 0.6) is 0 Å². The zero-order valence-electron chi connectivity index (χ0n) is 25.2. The number of methoxy groups -OCH3 is 1. The molecule has 3 heterocycles. The summed E-state index contributed by atoms with van der Waals surface area (Å²) in [7, 11) is 1.62. The molecule has 4 unspecified atom stereocenters. The molecular weight excluding hydrogens is 516 g/mol. The summed E-state index contributed by atoms with van der Waals surface area (Å²) in [6.45, 7) is 14.7. The van der Waals surface area contributed by atoms with Crippen molar-refractivity contribution in [1.82, 2.24) is 10.2 Å². The van der Waals surface area contributed by atoms with Gasteiger partial charge in [-0.15, -0.1) is 0 Å². The number of piperazine rings is 1. The van der Waals surface area contributed by atoms with E-state index in [-0.39, 0.29) is 54.2 Å². The number of hydrogen-bond acceptors (Lipinski definition) is 8. The molecule has 0 bridgehead atoms. The summed E-state index contributed by atoms with van der Waals surface area (Å²) < 4.78 is 23.7. The quantitative estimate of drug-likeness (QED) is 0.240. The molecule has 228 valence electrons. The number of ether oxygens (including phenoxy) is 4. The second-order valence-corrected chi connectivity index (χ2v) is 12.2. The number of aliphatic hydroxyl groups excluding tert-OH is 1. The van der Waals surface area contributed by atoms with E-state index in [1.165, 1.54) is 0 Å². The number of aliphatic hydroxyl groups is 1. The zero-order valence-corrected chi connectivity index (χ0v) is 25.2. The molecule has 3 aliphatic heterocycles. The summed E-state index contributed by atoms with van der Waals surface area (Å²) in [5.74, 6) is -0.737.